The minimum absolute atomic E-state index is 0.0705. The second-order valence-corrected chi connectivity index (χ2v) is 8.76. The highest BCUT2D eigenvalue weighted by Crippen LogP contribution is 2.32. The minimum atomic E-state index is -0.122. The average Bonchev–Trinajstić information content (AvgIpc) is 3.48. The van der Waals surface area contributed by atoms with Crippen LogP contribution in [0.15, 0.2) is 36.8 Å². The molecule has 0 bridgehead atoms. The summed E-state index contributed by atoms with van der Waals surface area (Å²) in [6, 6.07) is 8.07. The third-order valence-electron chi connectivity index (χ3n) is 6.61. The number of benzene rings is 1. The number of nitrogens with one attached hydrogen (secondary N) is 2. The van der Waals surface area contributed by atoms with Crippen LogP contribution in [0.25, 0.3) is 22.3 Å². The number of carbonyl (C=O) groups excluding carboxylic acids is 2. The number of nitrogens with zero attached hydrogens (tertiary/aromatic N) is 4. The van der Waals surface area contributed by atoms with Crippen molar-refractivity contribution in [3.8, 4) is 17.0 Å². The van der Waals surface area contributed by atoms with Crippen LogP contribution in [0.5, 0.6) is 5.75 Å². The van der Waals surface area contributed by atoms with Gasteiger partial charge in [0, 0.05) is 57.5 Å². The van der Waals surface area contributed by atoms with Crippen molar-refractivity contribution in [1.82, 2.24) is 25.2 Å². The van der Waals surface area contributed by atoms with Crippen LogP contribution in [-0.2, 0) is 9.59 Å². The summed E-state index contributed by atoms with van der Waals surface area (Å²) in [7, 11) is 0. The van der Waals surface area contributed by atoms with Gasteiger partial charge in [0.15, 0.2) is 0 Å². The number of amides is 2. The second-order valence-electron chi connectivity index (χ2n) is 8.76. The van der Waals surface area contributed by atoms with E-state index >= 15 is 0 Å². The van der Waals surface area contributed by atoms with Crippen molar-refractivity contribution in [2.45, 2.75) is 26.4 Å². The number of ether oxygens (including phenoxy) is 1. The van der Waals surface area contributed by atoms with E-state index in [2.05, 4.69) is 26.3 Å². The lowest BCUT2D eigenvalue weighted by Gasteiger charge is -2.35. The average molecular weight is 449 g/mol. The van der Waals surface area contributed by atoms with Crippen molar-refractivity contribution in [2.75, 3.05) is 37.6 Å². The first-order valence-electron chi connectivity index (χ1n) is 11.4. The zero-order valence-corrected chi connectivity index (χ0v) is 18.9. The van der Waals surface area contributed by atoms with Crippen LogP contribution in [0.1, 0.15) is 20.3 Å². The van der Waals surface area contributed by atoms with E-state index in [0.29, 0.717) is 18.7 Å². The van der Waals surface area contributed by atoms with Gasteiger partial charge in [0.1, 0.15) is 17.4 Å². The molecule has 5 rings (SSSR count). The third-order valence-corrected chi connectivity index (χ3v) is 6.61. The van der Waals surface area contributed by atoms with Crippen LogP contribution < -0.4 is 15.0 Å². The Balaban J connectivity index is 1.35. The molecule has 2 N–H and O–H groups in total. The number of imidazole rings is 1. The molecule has 9 heteroatoms. The molecule has 0 radical (unpaired) electrons. The number of pyridine rings is 1. The molecule has 0 spiro atoms. The van der Waals surface area contributed by atoms with Gasteiger partial charge in [-0.25, -0.2) is 4.98 Å². The summed E-state index contributed by atoms with van der Waals surface area (Å²) in [6.07, 6.45) is 3.90. The van der Waals surface area contributed by atoms with Crippen molar-refractivity contribution in [2.24, 2.45) is 5.92 Å². The smallest absolute Gasteiger partial charge is 0.220 e. The lowest BCUT2D eigenvalue weighted by atomic mass is 10.0. The molecular weight excluding hydrogens is 420 g/mol. The largest absolute Gasteiger partial charge is 0.488 e. The van der Waals surface area contributed by atoms with Crippen molar-refractivity contribution in [1.29, 1.82) is 0 Å². The Bertz CT molecular complexity index is 1170. The summed E-state index contributed by atoms with van der Waals surface area (Å²) in [5, 5.41) is 2.87. The van der Waals surface area contributed by atoms with Crippen molar-refractivity contribution in [3.63, 3.8) is 0 Å². The molecule has 2 aromatic heterocycles. The molecule has 3 aromatic rings. The van der Waals surface area contributed by atoms with E-state index < -0.39 is 0 Å². The molecular formula is C24H28N6O3. The molecule has 0 saturated carbocycles. The number of aromatic amines is 1. The Morgan fingerprint density at radius 2 is 2.00 bits per heavy atom. The summed E-state index contributed by atoms with van der Waals surface area (Å²) in [4.78, 5) is 39.6. The van der Waals surface area contributed by atoms with E-state index in [1.54, 1.807) is 13.3 Å². The number of hydrogen-bond donors (Lipinski definition) is 2. The predicted molar refractivity (Wildman–Crippen MR) is 125 cm³/mol. The minimum Gasteiger partial charge on any atom is -0.488 e. The van der Waals surface area contributed by atoms with Crippen LogP contribution in [0, 0.1) is 5.92 Å². The first-order valence-corrected chi connectivity index (χ1v) is 11.4. The topological polar surface area (TPSA) is 103 Å². The highest BCUT2D eigenvalue weighted by Gasteiger charge is 2.28. The fourth-order valence-corrected chi connectivity index (χ4v) is 4.53. The van der Waals surface area contributed by atoms with Crippen molar-refractivity contribution < 1.29 is 14.3 Å². The number of anilines is 1. The summed E-state index contributed by atoms with van der Waals surface area (Å²) >= 11 is 0. The van der Waals surface area contributed by atoms with Crippen LogP contribution in [-0.4, -0.2) is 70.5 Å². The first-order chi connectivity index (χ1) is 16.0. The maximum atomic E-state index is 11.6. The van der Waals surface area contributed by atoms with Gasteiger partial charge in [-0.05, 0) is 31.2 Å². The molecule has 33 heavy (non-hydrogen) atoms. The van der Waals surface area contributed by atoms with Gasteiger partial charge in [-0.1, -0.05) is 0 Å². The van der Waals surface area contributed by atoms with E-state index in [-0.39, 0.29) is 23.8 Å². The second kappa shape index (κ2) is 8.73. The first kappa shape index (κ1) is 21.2. The Morgan fingerprint density at radius 3 is 2.67 bits per heavy atom. The molecule has 1 aromatic carbocycles. The number of H-pyrrole nitrogens is 1. The van der Waals surface area contributed by atoms with Crippen LogP contribution in [0.4, 0.5) is 5.69 Å². The molecule has 172 valence electrons. The molecule has 2 saturated heterocycles. The lowest BCUT2D eigenvalue weighted by molar-refractivity contribution is -0.129. The summed E-state index contributed by atoms with van der Waals surface area (Å²) in [5.41, 5.74) is 4.47. The Kier molecular flexibility index (Phi) is 5.62. The normalized spacial score (nSPS) is 19.6. The number of hydrogen-bond acceptors (Lipinski definition) is 6. The number of piperazine rings is 1. The number of fused-ring (bicyclic) bond motifs is 1. The third kappa shape index (κ3) is 4.35. The molecule has 2 aliphatic rings. The summed E-state index contributed by atoms with van der Waals surface area (Å²) < 4.78 is 6.29. The summed E-state index contributed by atoms with van der Waals surface area (Å²) in [6.45, 7) is 7.31. The van der Waals surface area contributed by atoms with E-state index in [0.717, 1.165) is 54.2 Å². The summed E-state index contributed by atoms with van der Waals surface area (Å²) in [5.74, 6) is 1.01. The maximum Gasteiger partial charge on any atom is 0.220 e. The Labute approximate surface area is 192 Å². The molecule has 4 heterocycles. The van der Waals surface area contributed by atoms with Gasteiger partial charge in [-0.15, -0.1) is 0 Å². The predicted octanol–water partition coefficient (Wildman–Crippen LogP) is 2.20. The molecule has 2 atom stereocenters. The SMILES string of the molecule is CC(=O)N1CCN(c2ccc(-c3cc(OC(C)C4CNC(=O)C4)c4nc[nH]c4c3)nc2)CC1. The quantitative estimate of drug-likeness (QED) is 0.620. The molecule has 2 fully saturated rings. The zero-order chi connectivity index (χ0) is 22.9. The van der Waals surface area contributed by atoms with Gasteiger partial charge in [-0.3, -0.25) is 14.6 Å². The monoisotopic (exact) mass is 448 g/mol. The fourth-order valence-electron chi connectivity index (χ4n) is 4.53. The number of carbonyl (C=O) groups is 2. The maximum absolute atomic E-state index is 11.6. The van der Waals surface area contributed by atoms with Gasteiger partial charge in [0.05, 0.1) is 29.4 Å². The zero-order valence-electron chi connectivity index (χ0n) is 18.9. The molecule has 2 unspecified atom stereocenters. The molecule has 2 aliphatic heterocycles. The van der Waals surface area contributed by atoms with Crippen LogP contribution in [0.3, 0.4) is 0 Å². The highest BCUT2D eigenvalue weighted by molar-refractivity contribution is 5.87. The van der Waals surface area contributed by atoms with E-state index in [1.165, 1.54) is 0 Å². The standard InChI is InChI=1S/C24H28N6O3/c1-15(18-11-23(32)26-12-18)33-22-10-17(9-21-24(22)28-14-27-21)20-4-3-19(13-25-20)30-7-5-29(6-8-30)16(2)31/h3-4,9-10,13-15,18H,5-8,11-12H2,1-2H3,(H,26,32)(H,27,28). The highest BCUT2D eigenvalue weighted by atomic mass is 16.5. The van der Waals surface area contributed by atoms with Crippen LogP contribution in [0.2, 0.25) is 0 Å². The van der Waals surface area contributed by atoms with E-state index in [4.69, 9.17) is 9.72 Å². The fraction of sp³-hybridized carbons (Fsp3) is 0.417. The Hall–Kier alpha value is -3.62. The Morgan fingerprint density at radius 1 is 1.18 bits per heavy atom. The van der Waals surface area contributed by atoms with Gasteiger partial charge >= 0.3 is 0 Å². The number of rotatable bonds is 5. The van der Waals surface area contributed by atoms with E-state index in [1.807, 2.05) is 36.2 Å². The van der Waals surface area contributed by atoms with Gasteiger partial charge in [-0.2, -0.15) is 0 Å². The lowest BCUT2D eigenvalue weighted by Crippen LogP contribution is -2.48. The molecule has 9 nitrogen and oxygen atoms in total. The molecule has 0 aliphatic carbocycles. The number of aromatic nitrogens is 3. The van der Waals surface area contributed by atoms with Gasteiger partial charge in [0.2, 0.25) is 11.8 Å². The van der Waals surface area contributed by atoms with Crippen molar-refractivity contribution in [3.05, 3.63) is 36.8 Å². The van der Waals surface area contributed by atoms with Gasteiger partial charge < -0.3 is 24.8 Å². The molecule has 2 amide bonds. The van der Waals surface area contributed by atoms with Crippen molar-refractivity contribution >= 4 is 28.5 Å². The van der Waals surface area contributed by atoms with E-state index in [9.17, 15) is 9.59 Å². The van der Waals surface area contributed by atoms with Crippen LogP contribution >= 0.6 is 0 Å². The van der Waals surface area contributed by atoms with Gasteiger partial charge in [0.25, 0.3) is 0 Å².